The summed E-state index contributed by atoms with van der Waals surface area (Å²) in [4.78, 5) is 31.5. The number of aryl methyl sites for hydroxylation is 1. The number of amides is 2. The highest BCUT2D eigenvalue weighted by molar-refractivity contribution is 7.89. The molecule has 0 aliphatic carbocycles. The molecule has 2 aromatic rings. The number of hydrogen-bond donors (Lipinski definition) is 0. The number of rotatable bonds is 4. The quantitative estimate of drug-likeness (QED) is 0.632. The molecular weight excluding hydrogens is 476 g/mol. The van der Waals surface area contributed by atoms with E-state index in [4.69, 9.17) is 0 Å². The fraction of sp³-hybridized carbons (Fsp3) is 0.481. The Labute approximate surface area is 213 Å². The smallest absolute Gasteiger partial charge is 0.243 e. The van der Waals surface area contributed by atoms with Crippen molar-refractivity contribution in [3.05, 3.63) is 54.1 Å². The third kappa shape index (κ3) is 4.86. The molecule has 8 nitrogen and oxygen atoms in total. The monoisotopic (exact) mass is 510 g/mol. The number of carbonyl (C=O) groups excluding carboxylic acids is 2. The summed E-state index contributed by atoms with van der Waals surface area (Å²) in [6, 6.07) is 15.3. The molecular formula is C27H34N4O4S. The van der Waals surface area contributed by atoms with Gasteiger partial charge in [-0.2, -0.15) is 4.31 Å². The summed E-state index contributed by atoms with van der Waals surface area (Å²) in [6.45, 7) is 5.67. The van der Waals surface area contributed by atoms with E-state index in [2.05, 4.69) is 17.0 Å². The van der Waals surface area contributed by atoms with Gasteiger partial charge < -0.3 is 14.7 Å². The summed E-state index contributed by atoms with van der Waals surface area (Å²) in [5, 5.41) is 0. The van der Waals surface area contributed by atoms with Crippen molar-refractivity contribution in [2.24, 2.45) is 5.92 Å². The molecule has 2 aromatic carbocycles. The molecule has 0 radical (unpaired) electrons. The number of nitrogens with zero attached hydrogens (tertiary/aromatic N) is 4. The van der Waals surface area contributed by atoms with Crippen LogP contribution in [0.25, 0.3) is 0 Å². The van der Waals surface area contributed by atoms with E-state index in [1.807, 2.05) is 23.1 Å². The first-order valence-electron chi connectivity index (χ1n) is 12.8. The van der Waals surface area contributed by atoms with Gasteiger partial charge in [0.25, 0.3) is 0 Å². The van der Waals surface area contributed by atoms with Crippen LogP contribution in [0.1, 0.15) is 31.7 Å². The Morgan fingerprint density at radius 2 is 1.64 bits per heavy atom. The lowest BCUT2D eigenvalue weighted by Crippen LogP contribution is -2.53. The van der Waals surface area contributed by atoms with Crippen LogP contribution in [0.5, 0.6) is 0 Å². The number of benzene rings is 2. The predicted octanol–water partition coefficient (Wildman–Crippen LogP) is 2.74. The van der Waals surface area contributed by atoms with E-state index in [1.54, 1.807) is 23.1 Å². The summed E-state index contributed by atoms with van der Waals surface area (Å²) in [5.74, 6) is -0.290. The summed E-state index contributed by atoms with van der Waals surface area (Å²) in [5.41, 5.74) is 2.85. The Morgan fingerprint density at radius 1 is 0.889 bits per heavy atom. The molecule has 3 aliphatic heterocycles. The van der Waals surface area contributed by atoms with Crippen molar-refractivity contribution in [1.82, 2.24) is 9.21 Å². The van der Waals surface area contributed by atoms with Crippen LogP contribution in [0.4, 0.5) is 11.4 Å². The van der Waals surface area contributed by atoms with Gasteiger partial charge in [-0.15, -0.1) is 0 Å². The van der Waals surface area contributed by atoms with Crippen molar-refractivity contribution < 1.29 is 18.0 Å². The minimum absolute atomic E-state index is 0.0338. The summed E-state index contributed by atoms with van der Waals surface area (Å²) in [6.07, 6.45) is 2.94. The van der Waals surface area contributed by atoms with Crippen LogP contribution in [-0.2, 0) is 26.0 Å². The Balaban J connectivity index is 1.25. The van der Waals surface area contributed by atoms with Crippen molar-refractivity contribution >= 4 is 33.2 Å². The predicted molar refractivity (Wildman–Crippen MR) is 140 cm³/mol. The molecule has 5 rings (SSSR count). The number of hydrogen-bond acceptors (Lipinski definition) is 5. The van der Waals surface area contributed by atoms with Gasteiger partial charge in [-0.3, -0.25) is 9.59 Å². The van der Waals surface area contributed by atoms with Crippen LogP contribution in [-0.4, -0.2) is 75.3 Å². The van der Waals surface area contributed by atoms with E-state index in [0.717, 1.165) is 42.9 Å². The number of carbonyl (C=O) groups is 2. The van der Waals surface area contributed by atoms with Crippen molar-refractivity contribution in [2.45, 2.75) is 37.5 Å². The van der Waals surface area contributed by atoms with Gasteiger partial charge in [-0.25, -0.2) is 8.42 Å². The van der Waals surface area contributed by atoms with Gasteiger partial charge in [-0.05, 0) is 61.6 Å². The van der Waals surface area contributed by atoms with Crippen molar-refractivity contribution in [1.29, 1.82) is 0 Å². The number of fused-ring (bicyclic) bond motifs is 1. The SMILES string of the molecule is CC(=O)N1CCCc2cc(S(=O)(=O)N3CCC[C@@H](C(=O)N4CCN(c5ccccc5)CC4)C3)ccc21. The highest BCUT2D eigenvalue weighted by Crippen LogP contribution is 2.32. The first kappa shape index (κ1) is 24.8. The van der Waals surface area contributed by atoms with Gasteiger partial charge in [0.1, 0.15) is 0 Å². The van der Waals surface area contributed by atoms with Gasteiger partial charge in [0, 0.05) is 64.1 Å². The maximum atomic E-state index is 13.5. The standard InChI is InChI=1S/C27H34N4O4S/c1-21(32)31-14-6-7-22-19-25(11-12-26(22)31)36(34,35)30-13-5-8-23(20-30)27(33)29-17-15-28(16-18-29)24-9-3-2-4-10-24/h2-4,9-12,19,23H,5-8,13-18,20H2,1H3/t23-/m1/s1. The van der Waals surface area contributed by atoms with Gasteiger partial charge in [0.15, 0.2) is 0 Å². The van der Waals surface area contributed by atoms with Gasteiger partial charge in [0.05, 0.1) is 10.8 Å². The summed E-state index contributed by atoms with van der Waals surface area (Å²) >= 11 is 0. The Bertz CT molecular complexity index is 1230. The molecule has 2 fully saturated rings. The average molecular weight is 511 g/mol. The molecule has 2 amide bonds. The van der Waals surface area contributed by atoms with Crippen molar-refractivity contribution in [3.8, 4) is 0 Å². The van der Waals surface area contributed by atoms with Crippen LogP contribution in [0.15, 0.2) is 53.4 Å². The van der Waals surface area contributed by atoms with E-state index < -0.39 is 10.0 Å². The molecule has 3 aliphatic rings. The molecule has 0 aromatic heterocycles. The van der Waals surface area contributed by atoms with Crippen molar-refractivity contribution in [3.63, 3.8) is 0 Å². The molecule has 0 unspecified atom stereocenters. The summed E-state index contributed by atoms with van der Waals surface area (Å²) in [7, 11) is -3.72. The molecule has 36 heavy (non-hydrogen) atoms. The highest BCUT2D eigenvalue weighted by atomic mass is 32.2. The number of sulfonamides is 1. The van der Waals surface area contributed by atoms with E-state index >= 15 is 0 Å². The number of anilines is 2. The largest absolute Gasteiger partial charge is 0.368 e. The first-order valence-corrected chi connectivity index (χ1v) is 14.3. The minimum Gasteiger partial charge on any atom is -0.368 e. The minimum atomic E-state index is -3.72. The third-order valence-electron chi connectivity index (χ3n) is 7.63. The van der Waals surface area contributed by atoms with Crippen LogP contribution < -0.4 is 9.80 Å². The second-order valence-corrected chi connectivity index (χ2v) is 11.9. The normalized spacial score (nSPS) is 21.2. The summed E-state index contributed by atoms with van der Waals surface area (Å²) < 4.78 is 28.6. The zero-order chi connectivity index (χ0) is 25.3. The lowest BCUT2D eigenvalue weighted by atomic mass is 9.97. The Kier molecular flexibility index (Phi) is 7.03. The van der Waals surface area contributed by atoms with Crippen LogP contribution in [0.2, 0.25) is 0 Å². The number of para-hydroxylation sites is 1. The van der Waals surface area contributed by atoms with Crippen LogP contribution in [0.3, 0.4) is 0 Å². The van der Waals surface area contributed by atoms with E-state index in [0.29, 0.717) is 39.0 Å². The molecule has 192 valence electrons. The molecule has 9 heteroatoms. The molecule has 2 saturated heterocycles. The molecule has 0 bridgehead atoms. The van der Waals surface area contributed by atoms with Gasteiger partial charge in [-0.1, -0.05) is 18.2 Å². The Morgan fingerprint density at radius 3 is 2.36 bits per heavy atom. The maximum Gasteiger partial charge on any atom is 0.243 e. The van der Waals surface area contributed by atoms with Crippen LogP contribution in [0, 0.1) is 5.92 Å². The third-order valence-corrected chi connectivity index (χ3v) is 9.49. The molecule has 0 N–H and O–H groups in total. The van der Waals surface area contributed by atoms with E-state index in [1.165, 1.54) is 11.2 Å². The van der Waals surface area contributed by atoms with E-state index in [-0.39, 0.29) is 29.2 Å². The fourth-order valence-electron chi connectivity index (χ4n) is 5.65. The maximum absolute atomic E-state index is 13.5. The highest BCUT2D eigenvalue weighted by Gasteiger charge is 2.36. The van der Waals surface area contributed by atoms with Gasteiger partial charge >= 0.3 is 0 Å². The Hall–Kier alpha value is -2.91. The lowest BCUT2D eigenvalue weighted by Gasteiger charge is -2.39. The average Bonchev–Trinajstić information content (AvgIpc) is 2.92. The lowest BCUT2D eigenvalue weighted by molar-refractivity contribution is -0.137. The molecule has 0 saturated carbocycles. The first-order chi connectivity index (χ1) is 17.3. The number of piperazine rings is 1. The second-order valence-electron chi connectivity index (χ2n) is 9.91. The second kappa shape index (κ2) is 10.2. The zero-order valence-corrected chi connectivity index (χ0v) is 21.6. The molecule has 3 heterocycles. The van der Waals surface area contributed by atoms with Gasteiger partial charge in [0.2, 0.25) is 21.8 Å². The molecule has 1 atom stereocenters. The van der Waals surface area contributed by atoms with Crippen molar-refractivity contribution in [2.75, 3.05) is 55.6 Å². The molecule has 0 spiro atoms. The van der Waals surface area contributed by atoms with Crippen LogP contribution >= 0.6 is 0 Å². The topological polar surface area (TPSA) is 81.2 Å². The number of piperidine rings is 1. The fourth-order valence-corrected chi connectivity index (χ4v) is 7.23. The zero-order valence-electron chi connectivity index (χ0n) is 20.8. The van der Waals surface area contributed by atoms with E-state index in [9.17, 15) is 18.0 Å².